The number of nitrogens with zero attached hydrogens (tertiary/aromatic N) is 1. The summed E-state index contributed by atoms with van der Waals surface area (Å²) in [6.45, 7) is 3.17. The molecule has 5 heteroatoms. The fraction of sp³-hybridized carbons (Fsp3) is 0.714. The lowest BCUT2D eigenvalue weighted by molar-refractivity contribution is -0.115. The van der Waals surface area contributed by atoms with Crippen LogP contribution in [0, 0.1) is 0 Å². The minimum atomic E-state index is -0.360. The van der Waals surface area contributed by atoms with Crippen molar-refractivity contribution in [1.82, 2.24) is 10.2 Å². The second kappa shape index (κ2) is 6.60. The van der Waals surface area contributed by atoms with Crippen molar-refractivity contribution in [2.45, 2.75) is 13.3 Å². The molecule has 0 aromatic carbocycles. The Morgan fingerprint density at radius 1 is 1.67 bits per heavy atom. The molecule has 0 aliphatic carbocycles. The van der Waals surface area contributed by atoms with Crippen molar-refractivity contribution in [3.8, 4) is 0 Å². The minimum Gasteiger partial charge on any atom is -0.338 e. The largest absolute Gasteiger partial charge is 0.338 e. The van der Waals surface area contributed by atoms with Gasteiger partial charge in [0.15, 0.2) is 0 Å². The summed E-state index contributed by atoms with van der Waals surface area (Å²) in [7, 11) is 0. The molecule has 0 fully saturated rings. The van der Waals surface area contributed by atoms with E-state index in [1.54, 1.807) is 6.92 Å². The molecule has 70 valence electrons. The molecule has 3 N–H and O–H groups in total. The second-order valence-electron chi connectivity index (χ2n) is 2.28. The summed E-state index contributed by atoms with van der Waals surface area (Å²) in [6, 6.07) is -0.360. The van der Waals surface area contributed by atoms with Gasteiger partial charge >= 0.3 is 6.03 Å². The van der Waals surface area contributed by atoms with Gasteiger partial charge in [-0.2, -0.15) is 0 Å². The van der Waals surface area contributed by atoms with Crippen molar-refractivity contribution < 1.29 is 9.59 Å². The van der Waals surface area contributed by atoms with E-state index in [1.165, 1.54) is 0 Å². The summed E-state index contributed by atoms with van der Waals surface area (Å²) in [5, 5.41) is 2.52. The van der Waals surface area contributed by atoms with E-state index < -0.39 is 0 Å². The van der Waals surface area contributed by atoms with Gasteiger partial charge < -0.3 is 11.1 Å². The zero-order valence-corrected chi connectivity index (χ0v) is 7.25. The summed E-state index contributed by atoms with van der Waals surface area (Å²) < 4.78 is 0. The lowest BCUT2D eigenvalue weighted by Gasteiger charge is -2.14. The second-order valence-corrected chi connectivity index (χ2v) is 2.28. The summed E-state index contributed by atoms with van der Waals surface area (Å²) in [5.41, 5.74) is 5.23. The lowest BCUT2D eigenvalue weighted by atomic mass is 10.4. The van der Waals surface area contributed by atoms with Crippen LogP contribution in [0.1, 0.15) is 13.3 Å². The van der Waals surface area contributed by atoms with E-state index in [0.717, 1.165) is 4.90 Å². The molecule has 3 amide bonds. The fourth-order valence-electron chi connectivity index (χ4n) is 0.717. The van der Waals surface area contributed by atoms with Crippen molar-refractivity contribution in [2.75, 3.05) is 19.6 Å². The highest BCUT2D eigenvalue weighted by Crippen LogP contribution is 1.87. The highest BCUT2D eigenvalue weighted by Gasteiger charge is 2.09. The van der Waals surface area contributed by atoms with Crippen molar-refractivity contribution in [1.29, 1.82) is 0 Å². The Hall–Kier alpha value is -1.10. The molecule has 0 radical (unpaired) electrons. The number of rotatable bonds is 5. The topological polar surface area (TPSA) is 75.4 Å². The number of hydrogen-bond acceptors (Lipinski definition) is 3. The Bertz CT molecular complexity index is 150. The molecular formula is C7H15N3O2. The van der Waals surface area contributed by atoms with Crippen molar-refractivity contribution >= 4 is 12.4 Å². The van der Waals surface area contributed by atoms with Crippen LogP contribution < -0.4 is 11.1 Å². The lowest BCUT2D eigenvalue weighted by Crippen LogP contribution is -2.39. The smallest absolute Gasteiger partial charge is 0.323 e. The molecule has 0 spiro atoms. The maximum absolute atomic E-state index is 11.0. The maximum Gasteiger partial charge on any atom is 0.323 e. The van der Waals surface area contributed by atoms with Gasteiger partial charge in [0.25, 0.3) is 0 Å². The zero-order chi connectivity index (χ0) is 9.40. The van der Waals surface area contributed by atoms with Crippen LogP contribution in [-0.4, -0.2) is 37.0 Å². The Labute approximate surface area is 71.9 Å². The third-order valence-electron chi connectivity index (χ3n) is 1.32. The highest BCUT2D eigenvalue weighted by atomic mass is 16.2. The zero-order valence-electron chi connectivity index (χ0n) is 7.25. The molecule has 12 heavy (non-hydrogen) atoms. The Kier molecular flexibility index (Phi) is 6.00. The van der Waals surface area contributed by atoms with Crippen LogP contribution in [0.15, 0.2) is 0 Å². The summed E-state index contributed by atoms with van der Waals surface area (Å²) in [5.74, 6) is 0. The molecule has 0 saturated heterocycles. The molecule has 0 unspecified atom stereocenters. The SMILES string of the molecule is CCNC(=O)N(C=O)CCCN. The third kappa shape index (κ3) is 3.92. The van der Waals surface area contributed by atoms with Crippen LogP contribution in [0.2, 0.25) is 0 Å². The number of nitrogens with two attached hydrogens (primary N) is 1. The first-order valence-electron chi connectivity index (χ1n) is 3.96. The van der Waals surface area contributed by atoms with Crippen molar-refractivity contribution in [3.05, 3.63) is 0 Å². The van der Waals surface area contributed by atoms with Crippen LogP contribution in [-0.2, 0) is 4.79 Å². The number of amides is 3. The minimum absolute atomic E-state index is 0.360. The third-order valence-corrected chi connectivity index (χ3v) is 1.32. The Morgan fingerprint density at radius 2 is 2.33 bits per heavy atom. The number of urea groups is 1. The average molecular weight is 173 g/mol. The fourth-order valence-corrected chi connectivity index (χ4v) is 0.717. The number of imide groups is 1. The van der Waals surface area contributed by atoms with Gasteiger partial charge in [-0.3, -0.25) is 9.69 Å². The number of carbonyl (C=O) groups excluding carboxylic acids is 2. The molecule has 0 aliphatic heterocycles. The highest BCUT2D eigenvalue weighted by molar-refractivity contribution is 5.84. The molecule has 0 atom stereocenters. The first-order chi connectivity index (χ1) is 5.76. The van der Waals surface area contributed by atoms with E-state index in [1.807, 2.05) is 0 Å². The van der Waals surface area contributed by atoms with Gasteiger partial charge in [-0.05, 0) is 19.9 Å². The number of hydrogen-bond donors (Lipinski definition) is 2. The molecular weight excluding hydrogens is 158 g/mol. The monoisotopic (exact) mass is 173 g/mol. The van der Waals surface area contributed by atoms with Crippen LogP contribution in [0.4, 0.5) is 4.79 Å². The van der Waals surface area contributed by atoms with Gasteiger partial charge in [0, 0.05) is 13.1 Å². The summed E-state index contributed by atoms with van der Waals surface area (Å²) >= 11 is 0. The van der Waals surface area contributed by atoms with E-state index in [4.69, 9.17) is 5.73 Å². The van der Waals surface area contributed by atoms with Gasteiger partial charge in [0.1, 0.15) is 0 Å². The van der Waals surface area contributed by atoms with Gasteiger partial charge in [-0.1, -0.05) is 0 Å². The Balaban J connectivity index is 3.79. The van der Waals surface area contributed by atoms with Crippen LogP contribution in [0.3, 0.4) is 0 Å². The quantitative estimate of drug-likeness (QED) is 0.551. The standard InChI is InChI=1S/C7H15N3O2/c1-2-9-7(12)10(6-11)5-3-4-8/h6H,2-5,8H2,1H3,(H,9,12). The maximum atomic E-state index is 11.0. The predicted molar refractivity (Wildman–Crippen MR) is 45.5 cm³/mol. The summed E-state index contributed by atoms with van der Waals surface area (Å²) in [4.78, 5) is 22.5. The molecule has 0 aromatic heterocycles. The number of nitrogens with one attached hydrogen (secondary N) is 1. The van der Waals surface area contributed by atoms with E-state index >= 15 is 0 Å². The first kappa shape index (κ1) is 10.9. The normalized spacial score (nSPS) is 9.17. The van der Waals surface area contributed by atoms with E-state index in [2.05, 4.69) is 5.32 Å². The molecule has 0 aromatic rings. The molecule has 0 rings (SSSR count). The van der Waals surface area contributed by atoms with Gasteiger partial charge in [-0.25, -0.2) is 4.79 Å². The average Bonchev–Trinajstić information content (AvgIpc) is 2.06. The molecule has 0 heterocycles. The van der Waals surface area contributed by atoms with E-state index in [-0.39, 0.29) is 6.03 Å². The van der Waals surface area contributed by atoms with Gasteiger partial charge in [0.2, 0.25) is 6.41 Å². The molecule has 0 saturated carbocycles. The number of carbonyl (C=O) groups is 2. The van der Waals surface area contributed by atoms with Gasteiger partial charge in [-0.15, -0.1) is 0 Å². The molecule has 0 bridgehead atoms. The summed E-state index contributed by atoms with van der Waals surface area (Å²) in [6.07, 6.45) is 1.15. The van der Waals surface area contributed by atoms with Crippen LogP contribution >= 0.6 is 0 Å². The van der Waals surface area contributed by atoms with E-state index in [9.17, 15) is 9.59 Å². The van der Waals surface area contributed by atoms with Crippen LogP contribution in [0.5, 0.6) is 0 Å². The molecule has 5 nitrogen and oxygen atoms in total. The van der Waals surface area contributed by atoms with Crippen molar-refractivity contribution in [3.63, 3.8) is 0 Å². The van der Waals surface area contributed by atoms with Crippen molar-refractivity contribution in [2.24, 2.45) is 5.73 Å². The molecule has 0 aliphatic rings. The Morgan fingerprint density at radius 3 is 2.75 bits per heavy atom. The predicted octanol–water partition coefficient (Wildman–Crippen LogP) is -0.477. The van der Waals surface area contributed by atoms with E-state index in [0.29, 0.717) is 32.5 Å². The van der Waals surface area contributed by atoms with Gasteiger partial charge in [0.05, 0.1) is 0 Å². The van der Waals surface area contributed by atoms with Crippen LogP contribution in [0.25, 0.3) is 0 Å². The first-order valence-corrected chi connectivity index (χ1v) is 3.96.